The maximum absolute atomic E-state index is 13.7. The Hall–Kier alpha value is -3.70. The summed E-state index contributed by atoms with van der Waals surface area (Å²) in [5.41, 5.74) is 0.944. The van der Waals surface area contributed by atoms with E-state index in [2.05, 4.69) is 25.0 Å². The second-order valence-electron chi connectivity index (χ2n) is 10.7. The van der Waals surface area contributed by atoms with E-state index < -0.39 is 34.9 Å². The lowest BCUT2D eigenvalue weighted by Crippen LogP contribution is -2.44. The Balaban J connectivity index is 1.46. The molecule has 11 heteroatoms. The van der Waals surface area contributed by atoms with E-state index in [1.54, 1.807) is 6.07 Å². The van der Waals surface area contributed by atoms with Gasteiger partial charge < -0.3 is 20.1 Å². The Kier molecular flexibility index (Phi) is 8.46. The number of nitrogens with zero attached hydrogens (tertiary/aromatic N) is 3. The summed E-state index contributed by atoms with van der Waals surface area (Å²) in [6, 6.07) is 13.9. The van der Waals surface area contributed by atoms with Crippen LogP contribution < -0.4 is 15.8 Å². The highest BCUT2D eigenvalue weighted by molar-refractivity contribution is 6.07. The van der Waals surface area contributed by atoms with Crippen LogP contribution in [0.4, 0.5) is 28.9 Å². The smallest absolute Gasteiger partial charge is 0.367 e. The van der Waals surface area contributed by atoms with Gasteiger partial charge in [-0.1, -0.05) is 24.3 Å². The molecule has 2 aromatic carbocycles. The summed E-state index contributed by atoms with van der Waals surface area (Å²) in [7, 11) is 2.02. The van der Waals surface area contributed by atoms with E-state index in [-0.39, 0.29) is 0 Å². The van der Waals surface area contributed by atoms with Gasteiger partial charge in [0.2, 0.25) is 5.56 Å². The molecule has 0 aliphatic carbocycles. The van der Waals surface area contributed by atoms with Gasteiger partial charge in [0.05, 0.1) is 22.5 Å². The Morgan fingerprint density at radius 2 is 1.68 bits per heavy atom. The van der Waals surface area contributed by atoms with Crippen molar-refractivity contribution >= 4 is 17.3 Å². The number of piperidine rings is 1. The molecule has 41 heavy (non-hydrogen) atoms. The Morgan fingerprint density at radius 1 is 0.976 bits per heavy atom. The highest BCUT2D eigenvalue weighted by atomic mass is 19.4. The monoisotopic (exact) mass is 571 g/mol. The molecule has 0 radical (unpaired) electrons. The van der Waals surface area contributed by atoms with Gasteiger partial charge in [0.25, 0.3) is 5.91 Å². The molecule has 2 aliphatic rings. The number of likely N-dealkylation sites (N-methyl/N-ethyl adjacent to an activating group) is 1. The van der Waals surface area contributed by atoms with Crippen LogP contribution in [0.3, 0.4) is 0 Å². The van der Waals surface area contributed by atoms with Gasteiger partial charge in [0.15, 0.2) is 0 Å². The summed E-state index contributed by atoms with van der Waals surface area (Å²) in [5.74, 6) is -0.967. The summed E-state index contributed by atoms with van der Waals surface area (Å²) < 4.78 is 54.6. The predicted molar refractivity (Wildman–Crippen MR) is 151 cm³/mol. The van der Waals surface area contributed by atoms with Crippen LogP contribution in [0.1, 0.15) is 34.3 Å². The molecule has 2 aliphatic heterocycles. The summed E-state index contributed by atoms with van der Waals surface area (Å²) in [6.07, 6.45) is -3.75. The van der Waals surface area contributed by atoms with Gasteiger partial charge in [-0.25, -0.2) is 4.39 Å². The normalized spacial score (nSPS) is 17.5. The average molecular weight is 572 g/mol. The number of hydrogen-bond acceptors (Lipinski definition) is 5. The Labute approximate surface area is 235 Å². The first kappa shape index (κ1) is 28.8. The molecule has 2 fully saturated rings. The number of hydrogen-bond donors (Lipinski definition) is 2. The average Bonchev–Trinajstić information content (AvgIpc) is 2.94. The molecule has 218 valence electrons. The van der Waals surface area contributed by atoms with Crippen LogP contribution >= 0.6 is 0 Å². The number of nitrogens with one attached hydrogen (secondary N) is 2. The number of carbonyl (C=O) groups is 1. The topological polar surface area (TPSA) is 71.7 Å². The lowest BCUT2D eigenvalue weighted by Gasteiger charge is -2.35. The van der Waals surface area contributed by atoms with Crippen molar-refractivity contribution in [1.82, 2.24) is 14.8 Å². The zero-order valence-electron chi connectivity index (χ0n) is 22.8. The Bertz CT molecular complexity index is 1440. The number of pyridine rings is 1. The summed E-state index contributed by atoms with van der Waals surface area (Å²) >= 11 is 0. The largest absolute Gasteiger partial charge is 0.417 e. The summed E-state index contributed by atoms with van der Waals surface area (Å²) in [5, 5.41) is 2.70. The Morgan fingerprint density at radius 3 is 2.39 bits per heavy atom. The number of alkyl halides is 4. The minimum atomic E-state index is -4.87. The van der Waals surface area contributed by atoms with Gasteiger partial charge in [-0.15, -0.1) is 0 Å². The number of halogens is 4. The fourth-order valence-electron chi connectivity index (χ4n) is 5.39. The third-order valence-electron chi connectivity index (χ3n) is 7.75. The van der Waals surface area contributed by atoms with Crippen molar-refractivity contribution in [2.75, 3.05) is 56.5 Å². The number of anilines is 2. The second-order valence-corrected chi connectivity index (χ2v) is 10.7. The highest BCUT2D eigenvalue weighted by Crippen LogP contribution is 2.35. The number of likely N-dealkylation sites (tertiary alicyclic amines) is 1. The molecule has 1 aromatic heterocycles. The molecule has 0 atom stereocenters. The van der Waals surface area contributed by atoms with Crippen molar-refractivity contribution in [3.8, 4) is 11.1 Å². The molecule has 3 heterocycles. The first-order valence-electron chi connectivity index (χ1n) is 13.7. The maximum Gasteiger partial charge on any atom is 0.417 e. The van der Waals surface area contributed by atoms with Crippen molar-refractivity contribution in [2.45, 2.75) is 31.7 Å². The SMILES string of the molecule is CN1CCN(c2ccc(-c3cccc(CN4CCC(F)CC4)c3)cc2NC(=O)c2c[nH]c(=O)cc2C(F)(F)F)CC1. The van der Waals surface area contributed by atoms with E-state index in [9.17, 15) is 27.2 Å². The number of benzene rings is 2. The predicted octanol–water partition coefficient (Wildman–Crippen LogP) is 5.00. The van der Waals surface area contributed by atoms with E-state index in [4.69, 9.17) is 0 Å². The fraction of sp³-hybridized carbons (Fsp3) is 0.400. The molecule has 2 N–H and O–H groups in total. The molecule has 0 spiro atoms. The summed E-state index contributed by atoms with van der Waals surface area (Å²) in [4.78, 5) is 33.5. The molecule has 1 amide bonds. The molecule has 3 aromatic rings. The first-order valence-corrected chi connectivity index (χ1v) is 13.7. The maximum atomic E-state index is 13.7. The van der Waals surface area contributed by atoms with Crippen molar-refractivity contribution in [3.63, 3.8) is 0 Å². The van der Waals surface area contributed by atoms with Crippen LogP contribution in [0.15, 0.2) is 59.5 Å². The molecular weight excluding hydrogens is 538 g/mol. The molecule has 5 rings (SSSR count). The molecular formula is C30H33F4N5O2. The van der Waals surface area contributed by atoms with Gasteiger partial charge >= 0.3 is 6.18 Å². The quantitative estimate of drug-likeness (QED) is 0.408. The number of piperazine rings is 1. The number of aromatic amines is 1. The minimum Gasteiger partial charge on any atom is -0.367 e. The molecule has 2 saturated heterocycles. The van der Waals surface area contributed by atoms with Crippen LogP contribution in [0.25, 0.3) is 11.1 Å². The zero-order valence-corrected chi connectivity index (χ0v) is 22.8. The third-order valence-corrected chi connectivity index (χ3v) is 7.75. The van der Waals surface area contributed by atoms with E-state index >= 15 is 0 Å². The number of aromatic nitrogens is 1. The van der Waals surface area contributed by atoms with Gasteiger partial charge in [0.1, 0.15) is 6.17 Å². The number of carbonyl (C=O) groups excluding carboxylic acids is 1. The zero-order chi connectivity index (χ0) is 29.1. The van der Waals surface area contributed by atoms with Crippen LogP contribution in [-0.4, -0.2) is 73.2 Å². The van der Waals surface area contributed by atoms with Crippen molar-refractivity contribution in [1.29, 1.82) is 0 Å². The van der Waals surface area contributed by atoms with Gasteiger partial charge in [-0.3, -0.25) is 14.5 Å². The molecule has 0 bridgehead atoms. The second kappa shape index (κ2) is 12.0. The molecule has 0 saturated carbocycles. The third kappa shape index (κ3) is 6.97. The summed E-state index contributed by atoms with van der Waals surface area (Å²) in [6.45, 7) is 5.07. The van der Waals surface area contributed by atoms with Crippen LogP contribution in [0, 0.1) is 0 Å². The molecule has 0 unspecified atom stereocenters. The highest BCUT2D eigenvalue weighted by Gasteiger charge is 2.36. The van der Waals surface area contributed by atoms with Gasteiger partial charge in [-0.2, -0.15) is 13.2 Å². The van der Waals surface area contributed by atoms with Crippen molar-refractivity contribution in [3.05, 3.63) is 81.8 Å². The van der Waals surface area contributed by atoms with E-state index in [1.165, 1.54) is 0 Å². The number of amides is 1. The van der Waals surface area contributed by atoms with Crippen LogP contribution in [0.5, 0.6) is 0 Å². The number of H-pyrrole nitrogens is 1. The number of rotatable bonds is 6. The van der Waals surface area contributed by atoms with Gasteiger partial charge in [-0.05, 0) is 54.8 Å². The molecule has 7 nitrogen and oxygen atoms in total. The minimum absolute atomic E-state index is 0.381. The lowest BCUT2D eigenvalue weighted by atomic mass is 10.0. The van der Waals surface area contributed by atoms with Crippen molar-refractivity contribution in [2.24, 2.45) is 0 Å². The van der Waals surface area contributed by atoms with E-state index in [0.29, 0.717) is 63.0 Å². The van der Waals surface area contributed by atoms with Crippen LogP contribution in [-0.2, 0) is 12.7 Å². The first-order chi connectivity index (χ1) is 19.6. The standard InChI is InChI=1S/C30H33F4N5O2/c1-37-11-13-39(14-12-37)27-6-5-22(21-4-2-3-20(15-21)19-38-9-7-23(31)8-10-38)16-26(27)36-29(41)24-18-35-28(40)17-25(24)30(32,33)34/h2-6,15-18,23H,7-14,19H2,1H3,(H,35,40)(H,36,41). The van der Waals surface area contributed by atoms with Gasteiger partial charge in [0, 0.05) is 58.1 Å². The fourth-order valence-corrected chi connectivity index (χ4v) is 5.39. The van der Waals surface area contributed by atoms with E-state index in [0.717, 1.165) is 36.0 Å². The van der Waals surface area contributed by atoms with Crippen LogP contribution in [0.2, 0.25) is 0 Å². The van der Waals surface area contributed by atoms with Crippen molar-refractivity contribution < 1.29 is 22.4 Å². The lowest BCUT2D eigenvalue weighted by molar-refractivity contribution is -0.138. The van der Waals surface area contributed by atoms with E-state index in [1.807, 2.05) is 43.4 Å².